The standard InChI is InChI=1S/C17H20F2N2/c1-12(13-5-3-2-4-6-13)21-16(11-20)14-7-9-15(10-8-14)17(18)19/h2-10,12,16-17,21H,11,20H2,1H3. The molecule has 2 aromatic carbocycles. The molecule has 0 amide bonds. The molecular formula is C17H20F2N2. The lowest BCUT2D eigenvalue weighted by molar-refractivity contribution is 0.151. The summed E-state index contributed by atoms with van der Waals surface area (Å²) in [4.78, 5) is 0. The van der Waals surface area contributed by atoms with Gasteiger partial charge in [-0.15, -0.1) is 0 Å². The summed E-state index contributed by atoms with van der Waals surface area (Å²) < 4.78 is 25.1. The summed E-state index contributed by atoms with van der Waals surface area (Å²) in [5.41, 5.74) is 7.94. The van der Waals surface area contributed by atoms with Gasteiger partial charge in [-0.3, -0.25) is 0 Å². The Morgan fingerprint density at radius 2 is 1.48 bits per heavy atom. The van der Waals surface area contributed by atoms with E-state index < -0.39 is 6.43 Å². The minimum Gasteiger partial charge on any atom is -0.329 e. The molecule has 2 atom stereocenters. The molecule has 0 bridgehead atoms. The van der Waals surface area contributed by atoms with Gasteiger partial charge in [-0.1, -0.05) is 54.6 Å². The van der Waals surface area contributed by atoms with Crippen LogP contribution in [0.3, 0.4) is 0 Å². The maximum Gasteiger partial charge on any atom is 0.263 e. The maximum atomic E-state index is 12.6. The minimum atomic E-state index is -2.44. The fourth-order valence-electron chi connectivity index (χ4n) is 2.31. The quantitative estimate of drug-likeness (QED) is 0.844. The molecule has 0 spiro atoms. The Balaban J connectivity index is 2.09. The lowest BCUT2D eigenvalue weighted by Gasteiger charge is -2.23. The average molecular weight is 290 g/mol. The SMILES string of the molecule is CC(NC(CN)c1ccc(C(F)F)cc1)c1ccccc1. The Hall–Kier alpha value is -1.78. The van der Waals surface area contributed by atoms with Gasteiger partial charge in [-0.2, -0.15) is 0 Å². The predicted molar refractivity (Wildman–Crippen MR) is 81.2 cm³/mol. The van der Waals surface area contributed by atoms with Crippen molar-refractivity contribution in [3.05, 3.63) is 71.3 Å². The van der Waals surface area contributed by atoms with Crippen LogP contribution in [-0.2, 0) is 0 Å². The van der Waals surface area contributed by atoms with Gasteiger partial charge in [0.25, 0.3) is 6.43 Å². The summed E-state index contributed by atoms with van der Waals surface area (Å²) in [5, 5.41) is 3.44. The Morgan fingerprint density at radius 3 is 2.00 bits per heavy atom. The van der Waals surface area contributed by atoms with Crippen LogP contribution in [0.2, 0.25) is 0 Å². The summed E-state index contributed by atoms with van der Waals surface area (Å²) >= 11 is 0. The van der Waals surface area contributed by atoms with E-state index in [2.05, 4.69) is 12.2 Å². The molecule has 0 radical (unpaired) electrons. The number of nitrogens with two attached hydrogens (primary N) is 1. The van der Waals surface area contributed by atoms with Crippen LogP contribution in [0.15, 0.2) is 54.6 Å². The summed E-state index contributed by atoms with van der Waals surface area (Å²) in [6.45, 7) is 2.47. The van der Waals surface area contributed by atoms with Crippen molar-refractivity contribution >= 4 is 0 Å². The second-order valence-electron chi connectivity index (χ2n) is 5.05. The highest BCUT2D eigenvalue weighted by molar-refractivity contribution is 5.27. The molecule has 0 aliphatic carbocycles. The molecule has 2 rings (SSSR count). The van der Waals surface area contributed by atoms with E-state index in [1.54, 1.807) is 12.1 Å². The van der Waals surface area contributed by atoms with Crippen molar-refractivity contribution in [3.63, 3.8) is 0 Å². The van der Waals surface area contributed by atoms with Gasteiger partial charge in [0.15, 0.2) is 0 Å². The van der Waals surface area contributed by atoms with E-state index >= 15 is 0 Å². The first-order valence-corrected chi connectivity index (χ1v) is 7.01. The molecule has 0 aromatic heterocycles. The van der Waals surface area contributed by atoms with Crippen molar-refractivity contribution in [2.45, 2.75) is 25.4 Å². The molecule has 3 N–H and O–H groups in total. The molecular weight excluding hydrogens is 270 g/mol. The van der Waals surface area contributed by atoms with Crippen molar-refractivity contribution in [1.29, 1.82) is 0 Å². The van der Waals surface area contributed by atoms with Gasteiger partial charge < -0.3 is 11.1 Å². The summed E-state index contributed by atoms with van der Waals surface area (Å²) in [6, 6.07) is 16.4. The molecule has 0 aliphatic heterocycles. The van der Waals surface area contributed by atoms with Gasteiger partial charge in [-0.05, 0) is 18.1 Å². The van der Waals surface area contributed by atoms with Crippen LogP contribution in [-0.4, -0.2) is 6.54 Å². The molecule has 4 heteroatoms. The summed E-state index contributed by atoms with van der Waals surface area (Å²) in [6.07, 6.45) is -2.44. The number of halogens is 2. The van der Waals surface area contributed by atoms with Crippen molar-refractivity contribution in [1.82, 2.24) is 5.32 Å². The van der Waals surface area contributed by atoms with Gasteiger partial charge in [-0.25, -0.2) is 8.78 Å². The van der Waals surface area contributed by atoms with E-state index in [4.69, 9.17) is 5.73 Å². The van der Waals surface area contributed by atoms with E-state index in [9.17, 15) is 8.78 Å². The van der Waals surface area contributed by atoms with Gasteiger partial charge >= 0.3 is 0 Å². The van der Waals surface area contributed by atoms with Crippen molar-refractivity contribution in [2.24, 2.45) is 5.73 Å². The van der Waals surface area contributed by atoms with Crippen LogP contribution in [0.5, 0.6) is 0 Å². The zero-order chi connectivity index (χ0) is 15.2. The topological polar surface area (TPSA) is 38.0 Å². The second kappa shape index (κ2) is 7.29. The number of hydrogen-bond donors (Lipinski definition) is 2. The van der Waals surface area contributed by atoms with Crippen LogP contribution >= 0.6 is 0 Å². The Morgan fingerprint density at radius 1 is 0.905 bits per heavy atom. The van der Waals surface area contributed by atoms with Crippen LogP contribution < -0.4 is 11.1 Å². The van der Waals surface area contributed by atoms with Gasteiger partial charge in [0.05, 0.1) is 0 Å². The smallest absolute Gasteiger partial charge is 0.263 e. The second-order valence-corrected chi connectivity index (χ2v) is 5.05. The molecule has 2 aromatic rings. The lowest BCUT2D eigenvalue weighted by atomic mass is 10.0. The normalized spacial score (nSPS) is 14.1. The average Bonchev–Trinajstić information content (AvgIpc) is 2.53. The minimum absolute atomic E-state index is 0.0330. The van der Waals surface area contributed by atoms with E-state index in [0.29, 0.717) is 6.54 Å². The first-order valence-electron chi connectivity index (χ1n) is 7.01. The van der Waals surface area contributed by atoms with Crippen LogP contribution in [0.4, 0.5) is 8.78 Å². The Labute approximate surface area is 124 Å². The third-order valence-corrected chi connectivity index (χ3v) is 3.58. The molecule has 0 saturated carbocycles. The van der Waals surface area contributed by atoms with Gasteiger partial charge in [0.1, 0.15) is 0 Å². The van der Waals surface area contributed by atoms with E-state index in [1.807, 2.05) is 30.3 Å². The largest absolute Gasteiger partial charge is 0.329 e. The number of rotatable bonds is 6. The Kier molecular flexibility index (Phi) is 5.42. The fourth-order valence-corrected chi connectivity index (χ4v) is 2.31. The zero-order valence-corrected chi connectivity index (χ0v) is 12.0. The van der Waals surface area contributed by atoms with Gasteiger partial charge in [0.2, 0.25) is 0 Å². The lowest BCUT2D eigenvalue weighted by Crippen LogP contribution is -2.30. The third kappa shape index (κ3) is 4.09. The fraction of sp³-hybridized carbons (Fsp3) is 0.294. The van der Waals surface area contributed by atoms with Crippen molar-refractivity contribution in [2.75, 3.05) is 6.54 Å². The number of alkyl halides is 2. The highest BCUT2D eigenvalue weighted by Gasteiger charge is 2.15. The number of nitrogens with one attached hydrogen (secondary N) is 1. The molecule has 0 aliphatic rings. The third-order valence-electron chi connectivity index (χ3n) is 3.58. The molecule has 21 heavy (non-hydrogen) atoms. The predicted octanol–water partition coefficient (Wildman–Crippen LogP) is 3.97. The Bertz CT molecular complexity index is 540. The van der Waals surface area contributed by atoms with Gasteiger partial charge in [0, 0.05) is 24.2 Å². The molecule has 2 unspecified atom stereocenters. The number of benzene rings is 2. The molecule has 0 heterocycles. The summed E-state index contributed by atoms with van der Waals surface area (Å²) in [5.74, 6) is 0. The zero-order valence-electron chi connectivity index (χ0n) is 12.0. The number of hydrogen-bond acceptors (Lipinski definition) is 2. The molecule has 0 saturated heterocycles. The van der Waals surface area contributed by atoms with E-state index in [1.165, 1.54) is 17.7 Å². The molecule has 0 fully saturated rings. The first kappa shape index (κ1) is 15.6. The van der Waals surface area contributed by atoms with Crippen LogP contribution in [0.25, 0.3) is 0 Å². The molecule has 112 valence electrons. The van der Waals surface area contributed by atoms with E-state index in [0.717, 1.165) is 5.56 Å². The monoisotopic (exact) mass is 290 g/mol. The molecule has 2 nitrogen and oxygen atoms in total. The van der Waals surface area contributed by atoms with Crippen LogP contribution in [0.1, 0.15) is 42.1 Å². The van der Waals surface area contributed by atoms with Crippen molar-refractivity contribution in [3.8, 4) is 0 Å². The summed E-state index contributed by atoms with van der Waals surface area (Å²) in [7, 11) is 0. The van der Waals surface area contributed by atoms with Crippen molar-refractivity contribution < 1.29 is 8.78 Å². The van der Waals surface area contributed by atoms with E-state index in [-0.39, 0.29) is 17.6 Å². The van der Waals surface area contributed by atoms with Crippen LogP contribution in [0, 0.1) is 0 Å². The highest BCUT2D eigenvalue weighted by Crippen LogP contribution is 2.23. The highest BCUT2D eigenvalue weighted by atomic mass is 19.3. The maximum absolute atomic E-state index is 12.6. The first-order chi connectivity index (χ1) is 10.1.